The summed E-state index contributed by atoms with van der Waals surface area (Å²) in [7, 11) is 0. The summed E-state index contributed by atoms with van der Waals surface area (Å²) in [6.45, 7) is 0. The Morgan fingerprint density at radius 1 is 0.875 bits per heavy atom. The lowest BCUT2D eigenvalue weighted by Crippen LogP contribution is -2.27. The molecule has 8 nitrogen and oxygen atoms in total. The van der Waals surface area contributed by atoms with Gasteiger partial charge in [0, 0.05) is 11.1 Å². The largest absolute Gasteiger partial charge is 0.411 e. The maximum absolute atomic E-state index is 9.21. The number of anilines is 2. The first-order valence-corrected chi connectivity index (χ1v) is 4.27. The fraction of sp³-hybridized carbons (Fsp3) is 0. The van der Waals surface area contributed by atoms with E-state index < -0.39 is 0 Å². The molecule has 0 unspecified atom stereocenters. The van der Waals surface area contributed by atoms with E-state index in [1.54, 1.807) is 0 Å². The van der Waals surface area contributed by atoms with Crippen LogP contribution in [0.2, 0.25) is 0 Å². The van der Waals surface area contributed by atoms with Crippen LogP contribution in [0.25, 0.3) is 11.1 Å². The summed E-state index contributed by atoms with van der Waals surface area (Å²) in [5.41, 5.74) is 11.5. The fourth-order valence-electron chi connectivity index (χ4n) is 1.45. The second-order valence-corrected chi connectivity index (χ2v) is 3.30. The minimum absolute atomic E-state index is 0.0202. The zero-order chi connectivity index (χ0) is 12.0. The monoisotopic (exact) mass is 222 g/mol. The summed E-state index contributed by atoms with van der Waals surface area (Å²) in [5.74, 6) is 0. The Balaban J connectivity index is 3.09. The highest BCUT2D eigenvalue weighted by Gasteiger charge is 2.15. The number of fused-ring (bicyclic) bond motifs is 1. The average molecular weight is 222 g/mol. The van der Waals surface area contributed by atoms with Gasteiger partial charge in [-0.3, -0.25) is 10.8 Å². The molecular weight excluding hydrogens is 212 g/mol. The molecule has 0 aromatic carbocycles. The quantitative estimate of drug-likeness (QED) is 0.250. The molecule has 0 aromatic heterocycles. The summed E-state index contributed by atoms with van der Waals surface area (Å²) >= 11 is 0. The van der Waals surface area contributed by atoms with Crippen molar-refractivity contribution in [1.82, 2.24) is 9.69 Å². The Morgan fingerprint density at radius 3 is 1.50 bits per heavy atom. The molecule has 8 N–H and O–H groups in total. The molecule has 0 aromatic rings. The van der Waals surface area contributed by atoms with Crippen LogP contribution >= 0.6 is 0 Å². The number of hydrogen-bond acceptors (Lipinski definition) is 6. The molecule has 0 atom stereocenters. The van der Waals surface area contributed by atoms with Gasteiger partial charge in [-0.05, 0) is 0 Å². The molecule has 84 valence electrons. The molecule has 0 saturated heterocycles. The van der Waals surface area contributed by atoms with E-state index in [0.29, 0.717) is 9.69 Å². The van der Waals surface area contributed by atoms with E-state index in [2.05, 4.69) is 0 Å². The molecule has 0 spiro atoms. The van der Waals surface area contributed by atoms with Crippen molar-refractivity contribution in [2.45, 2.75) is 0 Å². The number of rotatable bonds is 0. The first kappa shape index (κ1) is 9.90. The number of nitrogen functional groups attached to an aromatic ring is 2. The molecule has 2 aliphatic rings. The average Bonchev–Trinajstić information content (AvgIpc) is 2.26. The first-order chi connectivity index (χ1) is 7.43. The molecular formula is C8H10N6O2. The van der Waals surface area contributed by atoms with Crippen molar-refractivity contribution in [3.05, 3.63) is 23.1 Å². The lowest BCUT2D eigenvalue weighted by molar-refractivity contribution is -0.0167. The van der Waals surface area contributed by atoms with Gasteiger partial charge in [-0.15, -0.1) is 0 Å². The van der Waals surface area contributed by atoms with Crippen LogP contribution in [0.3, 0.4) is 0 Å². The van der Waals surface area contributed by atoms with Crippen molar-refractivity contribution < 1.29 is 10.4 Å². The highest BCUT2D eigenvalue weighted by atomic mass is 16.6. The second-order valence-electron chi connectivity index (χ2n) is 3.30. The van der Waals surface area contributed by atoms with Crippen molar-refractivity contribution in [3.8, 4) is 11.1 Å². The third-order valence-electron chi connectivity index (χ3n) is 2.36. The summed E-state index contributed by atoms with van der Waals surface area (Å²) in [6.07, 6.45) is 2.15. The Bertz CT molecular complexity index is 598. The van der Waals surface area contributed by atoms with Gasteiger partial charge >= 0.3 is 0 Å². The lowest BCUT2D eigenvalue weighted by atomic mass is 10.0. The molecule has 1 aliphatic heterocycles. The number of nitrogens with zero attached hydrogens (tertiary/aromatic N) is 2. The zero-order valence-corrected chi connectivity index (χ0v) is 8.10. The van der Waals surface area contributed by atoms with Crippen LogP contribution < -0.4 is 22.2 Å². The van der Waals surface area contributed by atoms with Gasteiger partial charge in [0.25, 0.3) is 0 Å². The van der Waals surface area contributed by atoms with Crippen LogP contribution in [0.1, 0.15) is 0 Å². The van der Waals surface area contributed by atoms with Crippen molar-refractivity contribution in [2.75, 3.05) is 11.5 Å². The van der Waals surface area contributed by atoms with E-state index in [-0.39, 0.29) is 33.2 Å². The van der Waals surface area contributed by atoms with Gasteiger partial charge in [-0.25, -0.2) is 0 Å². The Kier molecular flexibility index (Phi) is 1.81. The Morgan fingerprint density at radius 2 is 1.19 bits per heavy atom. The predicted octanol–water partition coefficient (Wildman–Crippen LogP) is -1.01. The van der Waals surface area contributed by atoms with Crippen LogP contribution in [0, 0.1) is 10.8 Å². The Labute approximate surface area is 88.8 Å². The molecule has 0 fully saturated rings. The summed E-state index contributed by atoms with van der Waals surface area (Å²) in [6, 6.07) is 0. The van der Waals surface area contributed by atoms with E-state index in [1.165, 1.54) is 0 Å². The van der Waals surface area contributed by atoms with Gasteiger partial charge in [0.2, 0.25) is 0 Å². The fourth-order valence-corrected chi connectivity index (χ4v) is 1.45. The number of nitrogens with two attached hydrogens (primary N) is 2. The molecule has 16 heavy (non-hydrogen) atoms. The Hall–Kier alpha value is -2.64. The van der Waals surface area contributed by atoms with Crippen LogP contribution in [0.5, 0.6) is 0 Å². The van der Waals surface area contributed by atoms with Crippen LogP contribution in [-0.2, 0) is 0 Å². The maximum Gasteiger partial charge on any atom is 0.0887 e. The van der Waals surface area contributed by atoms with Gasteiger partial charge in [0.1, 0.15) is 0 Å². The van der Waals surface area contributed by atoms with E-state index >= 15 is 0 Å². The predicted molar refractivity (Wildman–Crippen MR) is 53.9 cm³/mol. The van der Waals surface area contributed by atoms with Crippen molar-refractivity contribution in [2.24, 2.45) is 0 Å². The third-order valence-corrected chi connectivity index (χ3v) is 2.36. The van der Waals surface area contributed by atoms with Gasteiger partial charge in [-0.1, -0.05) is 9.69 Å². The highest BCUT2D eigenvalue weighted by molar-refractivity contribution is 5.76. The molecule has 0 radical (unpaired) electrons. The zero-order valence-electron chi connectivity index (χ0n) is 8.10. The normalized spacial score (nSPS) is 10.8. The van der Waals surface area contributed by atoms with Crippen LogP contribution in [0.4, 0.5) is 11.4 Å². The molecule has 0 saturated carbocycles. The molecule has 2 rings (SSSR count). The van der Waals surface area contributed by atoms with E-state index in [0.717, 1.165) is 12.4 Å². The van der Waals surface area contributed by atoms with Crippen molar-refractivity contribution >= 4 is 11.4 Å². The topological polar surface area (TPSA) is 150 Å². The minimum atomic E-state index is -0.0908. The van der Waals surface area contributed by atoms with Crippen LogP contribution in [0.15, 0.2) is 12.4 Å². The standard InChI is InChI=1S/C8H10N6O2/c9-5-3-1-13(15)14(16)2-4(3)6(10)8(12)7(5)11/h1-2,9-10,15-16H,11-12H2. The lowest BCUT2D eigenvalue weighted by Gasteiger charge is -2.13. The number of hydrogen-bond donors (Lipinski definition) is 6. The third kappa shape index (κ3) is 1.10. The highest BCUT2D eigenvalue weighted by Crippen LogP contribution is 2.16. The maximum atomic E-state index is 9.21. The SMILES string of the molecule is N=c1c2cn(O)n(O)cc-2c(=N)c(N)c1N. The van der Waals surface area contributed by atoms with Gasteiger partial charge in [0.15, 0.2) is 0 Å². The van der Waals surface area contributed by atoms with Gasteiger partial charge in [-0.2, -0.15) is 0 Å². The second kappa shape index (κ2) is 2.92. The van der Waals surface area contributed by atoms with Crippen molar-refractivity contribution in [3.63, 3.8) is 0 Å². The summed E-state index contributed by atoms with van der Waals surface area (Å²) in [5, 5.41) is 33.6. The first-order valence-electron chi connectivity index (χ1n) is 4.27. The molecule has 1 aliphatic carbocycles. The van der Waals surface area contributed by atoms with Crippen LogP contribution in [-0.4, -0.2) is 20.1 Å². The summed E-state index contributed by atoms with van der Waals surface area (Å²) < 4.78 is 0. The molecule has 0 bridgehead atoms. The minimum Gasteiger partial charge on any atom is -0.411 e. The van der Waals surface area contributed by atoms with Gasteiger partial charge < -0.3 is 21.9 Å². The van der Waals surface area contributed by atoms with E-state index in [9.17, 15) is 10.4 Å². The van der Waals surface area contributed by atoms with E-state index in [1.807, 2.05) is 0 Å². The molecule has 0 amide bonds. The number of nitrogens with one attached hydrogen (secondary N) is 2. The van der Waals surface area contributed by atoms with E-state index in [4.69, 9.17) is 22.3 Å². The smallest absolute Gasteiger partial charge is 0.0887 e. The number of aromatic nitrogens is 2. The molecule has 1 heterocycles. The summed E-state index contributed by atoms with van der Waals surface area (Å²) in [4.78, 5) is 0.741. The molecule has 8 heteroatoms. The van der Waals surface area contributed by atoms with Crippen molar-refractivity contribution in [1.29, 1.82) is 10.8 Å². The van der Waals surface area contributed by atoms with Gasteiger partial charge in [0.05, 0.1) is 34.5 Å². The number of benzene rings is 1.